The van der Waals surface area contributed by atoms with Crippen LogP contribution in [0.25, 0.3) is 16.6 Å². The number of methoxy groups -OCH3 is 1. The highest BCUT2D eigenvalue weighted by Crippen LogP contribution is 2.22. The van der Waals surface area contributed by atoms with Crippen molar-refractivity contribution in [3.63, 3.8) is 0 Å². The van der Waals surface area contributed by atoms with Crippen LogP contribution in [0.1, 0.15) is 24.4 Å². The van der Waals surface area contributed by atoms with Gasteiger partial charge in [0, 0.05) is 11.6 Å². The maximum atomic E-state index is 13.4. The number of nitrogens with one attached hydrogen (secondary N) is 1. The number of fused-ring (bicyclic) bond motifs is 1. The van der Waals surface area contributed by atoms with Gasteiger partial charge < -0.3 is 4.74 Å². The van der Waals surface area contributed by atoms with Gasteiger partial charge in [-0.2, -0.15) is 0 Å². The molecule has 7 nitrogen and oxygen atoms in total. The first kappa shape index (κ1) is 23.3. The molecule has 0 aliphatic rings. The molecule has 0 saturated heterocycles. The Morgan fingerprint density at radius 2 is 1.70 bits per heavy atom. The molecule has 0 bridgehead atoms. The van der Waals surface area contributed by atoms with E-state index in [9.17, 15) is 13.2 Å². The summed E-state index contributed by atoms with van der Waals surface area (Å²) in [5.41, 5.74) is 1.69. The fourth-order valence-corrected chi connectivity index (χ4v) is 5.03. The minimum atomic E-state index is -3.86. The predicted molar refractivity (Wildman–Crippen MR) is 131 cm³/mol. The van der Waals surface area contributed by atoms with Gasteiger partial charge in [-0.25, -0.2) is 18.1 Å². The molecule has 0 aliphatic heterocycles. The number of sulfonamides is 1. The van der Waals surface area contributed by atoms with Crippen LogP contribution in [0.2, 0.25) is 0 Å². The van der Waals surface area contributed by atoms with Gasteiger partial charge in [0.15, 0.2) is 0 Å². The molecule has 0 amide bonds. The molecule has 0 radical (unpaired) electrons. The van der Waals surface area contributed by atoms with Crippen molar-refractivity contribution < 1.29 is 13.2 Å². The summed E-state index contributed by atoms with van der Waals surface area (Å²) in [5, 5.41) is 0.452. The largest absolute Gasteiger partial charge is 0.380 e. The lowest BCUT2D eigenvalue weighted by Gasteiger charge is -2.20. The van der Waals surface area contributed by atoms with Gasteiger partial charge in [-0.15, -0.1) is 0 Å². The first-order valence-electron chi connectivity index (χ1n) is 10.2. The molecular weight excluding hydrogens is 506 g/mol. The van der Waals surface area contributed by atoms with Crippen LogP contribution in [0.15, 0.2) is 87.0 Å². The zero-order valence-electron chi connectivity index (χ0n) is 18.0. The zero-order valence-corrected chi connectivity index (χ0v) is 20.4. The average Bonchev–Trinajstić information content (AvgIpc) is 2.80. The Morgan fingerprint density at radius 1 is 1.03 bits per heavy atom. The van der Waals surface area contributed by atoms with E-state index in [1.807, 2.05) is 12.1 Å². The molecule has 0 aliphatic carbocycles. The SMILES string of the molecule is COCc1ccc(S(=O)(=O)NC(C)c2nc3ccccc3c(=O)n2-c2ccc(Br)cc2)cc1. The van der Waals surface area contributed by atoms with E-state index in [1.54, 1.807) is 62.6 Å². The molecule has 1 atom stereocenters. The van der Waals surface area contributed by atoms with Crippen LogP contribution in [-0.4, -0.2) is 25.1 Å². The summed E-state index contributed by atoms with van der Waals surface area (Å²) < 4.78 is 36.2. The van der Waals surface area contributed by atoms with E-state index in [-0.39, 0.29) is 10.5 Å². The second-order valence-corrected chi connectivity index (χ2v) is 10.2. The van der Waals surface area contributed by atoms with Gasteiger partial charge in [0.25, 0.3) is 5.56 Å². The molecule has 170 valence electrons. The topological polar surface area (TPSA) is 90.3 Å². The van der Waals surface area contributed by atoms with Crippen LogP contribution in [0, 0.1) is 0 Å². The van der Waals surface area contributed by atoms with Crippen molar-refractivity contribution in [2.45, 2.75) is 24.5 Å². The Hall–Kier alpha value is -2.85. The van der Waals surface area contributed by atoms with Crippen LogP contribution in [-0.2, 0) is 21.4 Å². The van der Waals surface area contributed by atoms with Gasteiger partial charge >= 0.3 is 0 Å². The number of rotatable bonds is 7. The Balaban J connectivity index is 1.78. The molecule has 4 rings (SSSR count). The minimum Gasteiger partial charge on any atom is -0.380 e. The molecule has 33 heavy (non-hydrogen) atoms. The molecule has 0 fully saturated rings. The van der Waals surface area contributed by atoms with Crippen molar-refractivity contribution in [2.24, 2.45) is 0 Å². The lowest BCUT2D eigenvalue weighted by Crippen LogP contribution is -2.33. The van der Waals surface area contributed by atoms with E-state index < -0.39 is 16.1 Å². The molecule has 1 unspecified atom stereocenters. The second-order valence-electron chi connectivity index (χ2n) is 7.52. The molecule has 9 heteroatoms. The first-order valence-corrected chi connectivity index (χ1v) is 12.5. The van der Waals surface area contributed by atoms with E-state index >= 15 is 0 Å². The van der Waals surface area contributed by atoms with E-state index in [4.69, 9.17) is 4.74 Å². The molecule has 4 aromatic rings. The Kier molecular flexibility index (Phi) is 6.76. The van der Waals surface area contributed by atoms with E-state index in [0.29, 0.717) is 29.0 Å². The molecule has 0 spiro atoms. The van der Waals surface area contributed by atoms with Crippen molar-refractivity contribution in [3.8, 4) is 5.69 Å². The van der Waals surface area contributed by atoms with E-state index in [2.05, 4.69) is 25.6 Å². The average molecular weight is 528 g/mol. The number of para-hydroxylation sites is 1. The van der Waals surface area contributed by atoms with Crippen LogP contribution < -0.4 is 10.3 Å². The standard InChI is InChI=1S/C24H22BrN3O4S/c1-16(27-33(30,31)20-13-7-17(8-14-20)15-32-2)23-26-22-6-4-3-5-21(22)24(29)28(23)19-11-9-18(25)10-12-19/h3-14,16,27H,15H2,1-2H3. The smallest absolute Gasteiger partial charge is 0.266 e. The third kappa shape index (κ3) is 4.91. The third-order valence-corrected chi connectivity index (χ3v) is 7.24. The van der Waals surface area contributed by atoms with Crippen molar-refractivity contribution in [3.05, 3.63) is 99.0 Å². The molecule has 1 N–H and O–H groups in total. The summed E-state index contributed by atoms with van der Waals surface area (Å²) in [7, 11) is -2.29. The Bertz CT molecular complexity index is 1450. The van der Waals surface area contributed by atoms with Gasteiger partial charge in [-0.05, 0) is 61.0 Å². The number of nitrogens with zero attached hydrogens (tertiary/aromatic N) is 2. The Labute approximate surface area is 200 Å². The quantitative estimate of drug-likeness (QED) is 0.386. The number of hydrogen-bond donors (Lipinski definition) is 1. The normalized spacial score (nSPS) is 12.7. The number of benzene rings is 3. The minimum absolute atomic E-state index is 0.118. The van der Waals surface area contributed by atoms with Crippen LogP contribution >= 0.6 is 15.9 Å². The predicted octanol–water partition coefficient (Wildman–Crippen LogP) is 4.33. The number of aromatic nitrogens is 2. The fraction of sp³-hybridized carbons (Fsp3) is 0.167. The first-order chi connectivity index (χ1) is 15.8. The van der Waals surface area contributed by atoms with Crippen molar-refractivity contribution >= 4 is 36.9 Å². The molecule has 3 aromatic carbocycles. The highest BCUT2D eigenvalue weighted by Gasteiger charge is 2.23. The Morgan fingerprint density at radius 3 is 2.36 bits per heavy atom. The summed E-state index contributed by atoms with van der Waals surface area (Å²) in [6, 6.07) is 19.9. The maximum absolute atomic E-state index is 13.4. The zero-order chi connectivity index (χ0) is 23.6. The molecular formula is C24H22BrN3O4S. The van der Waals surface area contributed by atoms with Gasteiger partial charge in [0.1, 0.15) is 5.82 Å². The molecule has 0 saturated carbocycles. The van der Waals surface area contributed by atoms with E-state index in [0.717, 1.165) is 10.0 Å². The summed E-state index contributed by atoms with van der Waals surface area (Å²) in [6.07, 6.45) is 0. The molecule has 1 heterocycles. The monoisotopic (exact) mass is 527 g/mol. The fourth-order valence-electron chi connectivity index (χ4n) is 3.57. The van der Waals surface area contributed by atoms with Crippen molar-refractivity contribution in [1.82, 2.24) is 14.3 Å². The van der Waals surface area contributed by atoms with Crippen molar-refractivity contribution in [1.29, 1.82) is 0 Å². The highest BCUT2D eigenvalue weighted by atomic mass is 79.9. The summed E-state index contributed by atoms with van der Waals surface area (Å²) in [5.74, 6) is 0.292. The highest BCUT2D eigenvalue weighted by molar-refractivity contribution is 9.10. The summed E-state index contributed by atoms with van der Waals surface area (Å²) >= 11 is 3.40. The lowest BCUT2D eigenvalue weighted by molar-refractivity contribution is 0.185. The van der Waals surface area contributed by atoms with Gasteiger partial charge in [0.2, 0.25) is 10.0 Å². The lowest BCUT2D eigenvalue weighted by atomic mass is 10.2. The molecule has 1 aromatic heterocycles. The van der Waals surface area contributed by atoms with Gasteiger partial charge in [-0.3, -0.25) is 9.36 Å². The summed E-state index contributed by atoms with van der Waals surface area (Å²) in [4.78, 5) is 18.2. The van der Waals surface area contributed by atoms with Crippen LogP contribution in [0.3, 0.4) is 0 Å². The van der Waals surface area contributed by atoms with Crippen molar-refractivity contribution in [2.75, 3.05) is 7.11 Å². The van der Waals surface area contributed by atoms with Gasteiger partial charge in [-0.1, -0.05) is 40.2 Å². The number of halogens is 1. The maximum Gasteiger partial charge on any atom is 0.266 e. The number of ether oxygens (including phenoxy) is 1. The van der Waals surface area contributed by atoms with Crippen LogP contribution in [0.5, 0.6) is 0 Å². The van der Waals surface area contributed by atoms with Gasteiger partial charge in [0.05, 0.1) is 34.1 Å². The van der Waals surface area contributed by atoms with Crippen LogP contribution in [0.4, 0.5) is 0 Å². The third-order valence-electron chi connectivity index (χ3n) is 5.15. The second kappa shape index (κ2) is 9.56. The van der Waals surface area contributed by atoms with E-state index in [1.165, 1.54) is 16.7 Å². The number of hydrogen-bond acceptors (Lipinski definition) is 5. The summed E-state index contributed by atoms with van der Waals surface area (Å²) in [6.45, 7) is 2.06.